The fourth-order valence-electron chi connectivity index (χ4n) is 28.3. The van der Waals surface area contributed by atoms with Crippen molar-refractivity contribution in [3.05, 3.63) is 0 Å². The first-order valence-corrected chi connectivity index (χ1v) is 41.0. The molecule has 1 heterocycles. The number of aliphatic hydroxyl groups excluding tert-OH is 1. The summed E-state index contributed by atoms with van der Waals surface area (Å²) in [7, 11) is 2.99. The second-order valence-corrected chi connectivity index (χ2v) is 37.9. The van der Waals surface area contributed by atoms with Crippen molar-refractivity contribution in [2.75, 3.05) is 34.0 Å². The standard InChI is InChI=1S/C28H48O3.C27H48O2.C26H42O3.C4H8O.3CH4.Al.Li.4H/c1-6-28(30)17-16-26(3)20(18-28)10-11-21-23-13-12-22(27(23,4)15-14-24(21)26)19(2)8-7-9-25(29)31-5;1-5-27(29)16-15-25(3)20(18-27)9-10-21-23-12-11-22(19(2)8-6-7-17-28)26(23,4)14-13-24(21)25;1-17(6-5-7-24(28)29-4)21-10-11-22-20-9-8-18-16-19(27)12-14-25(18,2)23(20)13-15-26(21,22)3;1-2-4-5-3-1;;;;;;;;;/h19-24,30H,6-18H2,1-5H3;19-24,28-29H,5-18H2,1-4H3;17-18,20-23H,5-16H2,1-4H3;1-4H2;3*1H4;;;;;;/q;;;;;;;;+1;;;;-1/t19-,20+,21+,22-,23+,24+,26+,27-,28+;19-,20+,21+,22-,23+,24+,25+,26-,27+;17-,18+,20+,21-,22+,23+,25+,26-;;;;;;;;;;/m111........../s1. The van der Waals surface area contributed by atoms with Crippen LogP contribution < -0.4 is 18.9 Å². The first-order valence-electron chi connectivity index (χ1n) is 41.0. The maximum atomic E-state index is 12.1. The average molecular weight is 1400 g/mol. The molecule has 0 aromatic carbocycles. The number of hydrogen-bond donors (Lipinski definition) is 3. The number of Topliss-reactive ketones (excluding diaryl/α,β-unsaturated/α-hetero) is 1. The summed E-state index contributed by atoms with van der Waals surface area (Å²) in [5.41, 5.74) is 2.13. The molecule has 12 saturated carbocycles. The zero-order valence-corrected chi connectivity index (χ0v) is 64.1. The third-order valence-corrected chi connectivity index (χ3v) is 34.2. The van der Waals surface area contributed by atoms with E-state index < -0.39 is 5.60 Å². The Morgan fingerprint density at radius 1 is 0.475 bits per heavy atom. The summed E-state index contributed by atoms with van der Waals surface area (Å²) in [5, 5.41) is 31.2. The number of ketones is 1. The summed E-state index contributed by atoms with van der Waals surface area (Å²) in [6.45, 7) is 29.8. The van der Waals surface area contributed by atoms with E-state index in [0.717, 1.165) is 192 Å². The van der Waals surface area contributed by atoms with Gasteiger partial charge in [-0.05, 0) is 357 Å². The number of methoxy groups -OCH3 is 2. The van der Waals surface area contributed by atoms with Gasteiger partial charge in [-0.3, -0.25) is 14.4 Å². The number of fused-ring (bicyclic) bond motifs is 15. The molecular weight excluding hydrogens is 1230 g/mol. The number of aliphatic hydroxyl groups is 3. The van der Waals surface area contributed by atoms with Gasteiger partial charge in [0.2, 0.25) is 0 Å². The van der Waals surface area contributed by atoms with E-state index in [0.29, 0.717) is 75.5 Å². The van der Waals surface area contributed by atoms with Crippen LogP contribution in [0, 0.1) is 139 Å². The van der Waals surface area contributed by atoms with Gasteiger partial charge in [-0.25, -0.2) is 0 Å². The Balaban J connectivity index is 0.000000298. The number of esters is 2. The third-order valence-electron chi connectivity index (χ3n) is 34.2. The average Bonchev–Trinajstić information content (AvgIpc) is 1.47. The topological polar surface area (TPSA) is 140 Å². The van der Waals surface area contributed by atoms with Crippen LogP contribution in [0.5, 0.6) is 0 Å². The fourth-order valence-corrected chi connectivity index (χ4v) is 28.3. The Labute approximate surface area is 634 Å². The molecule has 3 N–H and O–H groups in total. The monoisotopic (exact) mass is 1400 g/mol. The molecule has 26 atom stereocenters. The molecule has 12 aliphatic carbocycles. The van der Waals surface area contributed by atoms with Crippen LogP contribution in [0.4, 0.5) is 0 Å². The number of carbonyl (C=O) groups excluding carboxylic acids is 3. The molecule has 13 rings (SSSR count). The number of hydrogen-bond acceptors (Lipinski definition) is 9. The summed E-state index contributed by atoms with van der Waals surface area (Å²) in [6.07, 6.45) is 47.9. The Morgan fingerprint density at radius 3 is 1.15 bits per heavy atom. The predicted molar refractivity (Wildman–Crippen MR) is 413 cm³/mol. The predicted octanol–water partition coefficient (Wildman–Crippen LogP) is 18.2. The molecule has 572 valence electrons. The van der Waals surface area contributed by atoms with Gasteiger partial charge in [0.1, 0.15) is 5.78 Å². The smallest absolute Gasteiger partial charge is 1.00 e. The van der Waals surface area contributed by atoms with Crippen LogP contribution in [0.3, 0.4) is 0 Å². The number of carbonyl (C=O) groups is 3. The van der Waals surface area contributed by atoms with Crippen LogP contribution in [0.15, 0.2) is 0 Å². The molecule has 0 unspecified atom stereocenters. The molecule has 0 radical (unpaired) electrons. The Bertz CT molecular complexity index is 2490. The van der Waals surface area contributed by atoms with E-state index in [1.54, 1.807) is 0 Å². The van der Waals surface area contributed by atoms with Crippen molar-refractivity contribution in [1.29, 1.82) is 0 Å². The molecular formula is C88H162AlLiO9. The molecule has 13 aliphatic rings. The number of rotatable bonds is 17. The van der Waals surface area contributed by atoms with Crippen molar-refractivity contribution in [3.63, 3.8) is 0 Å². The van der Waals surface area contributed by atoms with Crippen LogP contribution in [0.2, 0.25) is 0 Å². The van der Waals surface area contributed by atoms with E-state index >= 15 is 0 Å². The van der Waals surface area contributed by atoms with Crippen molar-refractivity contribution < 1.29 is 64.2 Å². The first kappa shape index (κ1) is 89.2. The minimum Gasteiger partial charge on any atom is -1.00 e. The van der Waals surface area contributed by atoms with Gasteiger partial charge in [0, 0.05) is 45.5 Å². The Kier molecular flexibility index (Phi) is 33.5. The molecule has 0 aromatic heterocycles. The van der Waals surface area contributed by atoms with Crippen molar-refractivity contribution in [3.8, 4) is 0 Å². The molecule has 9 nitrogen and oxygen atoms in total. The van der Waals surface area contributed by atoms with Crippen molar-refractivity contribution >= 4 is 35.1 Å². The fraction of sp³-hybridized carbons (Fsp3) is 0.966. The summed E-state index contributed by atoms with van der Waals surface area (Å²) in [4.78, 5) is 35.1. The van der Waals surface area contributed by atoms with Gasteiger partial charge in [-0.2, -0.15) is 0 Å². The molecule has 0 amide bonds. The molecule has 0 bridgehead atoms. The van der Waals surface area contributed by atoms with Gasteiger partial charge < -0.3 is 31.0 Å². The van der Waals surface area contributed by atoms with Crippen molar-refractivity contribution in [2.45, 2.75) is 366 Å². The second-order valence-electron chi connectivity index (χ2n) is 37.9. The van der Waals surface area contributed by atoms with Crippen LogP contribution >= 0.6 is 0 Å². The van der Waals surface area contributed by atoms with Crippen LogP contribution in [0.1, 0.15) is 357 Å². The van der Waals surface area contributed by atoms with E-state index in [4.69, 9.17) is 19.3 Å². The van der Waals surface area contributed by atoms with Gasteiger partial charge in [0.15, 0.2) is 17.4 Å². The summed E-state index contributed by atoms with van der Waals surface area (Å²) < 4.78 is 14.6. The van der Waals surface area contributed by atoms with Crippen molar-refractivity contribution in [1.82, 2.24) is 0 Å². The number of unbranched alkanes of at least 4 members (excludes halogenated alkanes) is 1. The van der Waals surface area contributed by atoms with Crippen molar-refractivity contribution in [2.24, 2.45) is 139 Å². The summed E-state index contributed by atoms with van der Waals surface area (Å²) in [5.74, 6) is 15.3. The van der Waals surface area contributed by atoms with Gasteiger partial charge in [-0.15, -0.1) is 0 Å². The van der Waals surface area contributed by atoms with E-state index in [1.165, 1.54) is 168 Å². The minimum atomic E-state index is -0.391. The van der Waals surface area contributed by atoms with E-state index in [-0.39, 0.29) is 77.5 Å². The van der Waals surface area contributed by atoms with Gasteiger partial charge in [0.25, 0.3) is 0 Å². The molecule has 1 aliphatic heterocycles. The molecule has 0 spiro atoms. The summed E-state index contributed by atoms with van der Waals surface area (Å²) >= 11 is 0. The minimum absolute atomic E-state index is 0. The molecule has 0 aromatic rings. The zero-order chi connectivity index (χ0) is 67.7. The molecule has 11 heteroatoms. The maximum absolute atomic E-state index is 12.1. The Hall–Kier alpha value is -0.420. The van der Waals surface area contributed by atoms with Gasteiger partial charge in [-0.1, -0.05) is 111 Å². The third kappa shape index (κ3) is 18.2. The SMILES string of the molecule is C.C.C.C1CCOC1.CC[C@]1(O)CC[C@@]2(C)[C@@H](CC[C@@H]3[C@@H]2CC[C@]2(C)[C@@H]([C@H](C)CCCC(=O)OC)CC[C@@H]32)C1.CC[C@]1(O)CC[C@@]2(C)[C@@H](CC[C@@H]3[C@@H]2CC[C@]2(C)[C@@H]([C@H](C)CCCCO)CC[C@@H]32)C1.COC(=O)CCC[C@@H](C)[C@H]1CC[C@H]2[C@@H]3CC[C@H]4CC(=O)CC[C@]4(C)[C@H]3CC[C@]12C.[AlH3].[H-].[Li+]. The van der Waals surface area contributed by atoms with Crippen LogP contribution in [-0.2, 0) is 28.6 Å². The molecule has 99 heavy (non-hydrogen) atoms. The first-order chi connectivity index (χ1) is 44.7. The van der Waals surface area contributed by atoms with Crippen LogP contribution in [-0.4, -0.2) is 95.6 Å². The van der Waals surface area contributed by atoms with Crippen LogP contribution in [0.25, 0.3) is 0 Å². The van der Waals surface area contributed by atoms with Gasteiger partial charge in [0.05, 0.1) is 25.4 Å². The number of ether oxygens (including phenoxy) is 3. The van der Waals surface area contributed by atoms with Gasteiger partial charge >= 0.3 is 30.8 Å². The normalized spacial score (nSPS) is 44.2. The summed E-state index contributed by atoms with van der Waals surface area (Å²) in [6, 6.07) is 0. The van der Waals surface area contributed by atoms with E-state index in [9.17, 15) is 24.6 Å². The second kappa shape index (κ2) is 37.1. The quantitative estimate of drug-likeness (QED) is 0.0738. The maximum Gasteiger partial charge on any atom is 1.00 e. The Morgan fingerprint density at radius 2 is 0.818 bits per heavy atom. The van der Waals surface area contributed by atoms with E-state index in [1.807, 2.05) is 0 Å². The molecule has 13 fully saturated rings. The zero-order valence-electron chi connectivity index (χ0n) is 65.1. The molecule has 1 saturated heterocycles. The largest absolute Gasteiger partial charge is 1.00 e. The van der Waals surface area contributed by atoms with E-state index in [2.05, 4.69) is 76.2 Å².